The summed E-state index contributed by atoms with van der Waals surface area (Å²) >= 11 is 0. The molecule has 52 heavy (non-hydrogen) atoms. The lowest BCUT2D eigenvalue weighted by Crippen LogP contribution is -2.51. The predicted octanol–water partition coefficient (Wildman–Crippen LogP) is 11.1. The largest absolute Gasteiger partial charge is 0.462 e. The van der Waals surface area contributed by atoms with Crippen LogP contribution in [0.3, 0.4) is 0 Å². The summed E-state index contributed by atoms with van der Waals surface area (Å²) in [7, 11) is 0. The van der Waals surface area contributed by atoms with Crippen LogP contribution in [0, 0.1) is 58.2 Å². The van der Waals surface area contributed by atoms with Crippen molar-refractivity contribution in [3.05, 3.63) is 36.0 Å². The molecule has 4 saturated carbocycles. The molecule has 5 rings (SSSR count). The first kappa shape index (κ1) is 41.4. The van der Waals surface area contributed by atoms with E-state index in [0.717, 1.165) is 86.9 Å². The summed E-state index contributed by atoms with van der Waals surface area (Å²) in [6, 6.07) is 0. The molecule has 0 radical (unpaired) electrons. The van der Waals surface area contributed by atoms with E-state index in [1.807, 2.05) is 6.08 Å². The molecule has 0 unspecified atom stereocenters. The number of carbonyl (C=O) groups excluding carboxylic acids is 2. The second kappa shape index (κ2) is 18.7. The van der Waals surface area contributed by atoms with Crippen LogP contribution in [0.1, 0.15) is 170 Å². The topological polar surface area (TPSA) is 83.8 Å². The summed E-state index contributed by atoms with van der Waals surface area (Å²) in [6.45, 7) is 14.7. The Bertz CT molecular complexity index is 1260. The third-order valence-electron chi connectivity index (χ3n) is 15.3. The van der Waals surface area contributed by atoms with Crippen molar-refractivity contribution in [1.82, 2.24) is 0 Å². The van der Waals surface area contributed by atoms with E-state index in [4.69, 9.17) is 4.74 Å². The van der Waals surface area contributed by atoms with Crippen LogP contribution in [0.15, 0.2) is 36.0 Å². The standard InChI is InChI=1S/C47H76O5/c1-7-8-11-17-35(48)21-23-38-37(43(49)31-44(38)50)18-12-9-10-13-19-45(51)52-36-26-28-46(5)34(30-36)20-22-39-41-25-24-40(33(4)16-14-15-32(2)3)47(41,6)29-27-42(39)46/h9,12,20-21,23,32-33,35-43,48-49H,7-8,10-11,13-19,22,24-31H2,1-6H3/b12-9-,23-21+/t33-,35+,36+,37-,38-,39+,40-,41+,42+,43+,46+,47-/m1/s1. The van der Waals surface area contributed by atoms with Crippen molar-refractivity contribution in [3.8, 4) is 0 Å². The van der Waals surface area contributed by atoms with Gasteiger partial charge in [-0.2, -0.15) is 0 Å². The van der Waals surface area contributed by atoms with Crippen LogP contribution in [-0.2, 0) is 14.3 Å². The lowest BCUT2D eigenvalue weighted by Gasteiger charge is -2.58. The van der Waals surface area contributed by atoms with Crippen LogP contribution >= 0.6 is 0 Å². The fourth-order valence-corrected chi connectivity index (χ4v) is 12.2. The summed E-state index contributed by atoms with van der Waals surface area (Å²) in [6.07, 6.45) is 29.8. The normalized spacial score (nSPS) is 37.2. The molecule has 294 valence electrons. The molecule has 0 aromatic carbocycles. The maximum Gasteiger partial charge on any atom is 0.306 e. The van der Waals surface area contributed by atoms with Crippen molar-refractivity contribution in [2.24, 2.45) is 58.2 Å². The van der Waals surface area contributed by atoms with Gasteiger partial charge in [-0.05, 0) is 117 Å². The molecule has 2 N–H and O–H groups in total. The van der Waals surface area contributed by atoms with Gasteiger partial charge in [-0.15, -0.1) is 0 Å². The third-order valence-corrected chi connectivity index (χ3v) is 15.3. The van der Waals surface area contributed by atoms with E-state index < -0.39 is 12.2 Å². The number of fused-ring (bicyclic) bond motifs is 5. The summed E-state index contributed by atoms with van der Waals surface area (Å²) < 4.78 is 6.10. The first-order chi connectivity index (χ1) is 24.9. The Kier molecular flexibility index (Phi) is 14.9. The van der Waals surface area contributed by atoms with Gasteiger partial charge in [0, 0.05) is 31.1 Å². The highest BCUT2D eigenvalue weighted by Gasteiger charge is 2.59. The van der Waals surface area contributed by atoms with Gasteiger partial charge in [0.2, 0.25) is 0 Å². The molecular formula is C47H76O5. The second-order valence-corrected chi connectivity index (χ2v) is 19.1. The van der Waals surface area contributed by atoms with E-state index in [2.05, 4.69) is 59.8 Å². The maximum atomic E-state index is 12.9. The number of unbranched alkanes of at least 4 members (excludes halogenated alkanes) is 3. The Morgan fingerprint density at radius 1 is 0.962 bits per heavy atom. The molecule has 5 nitrogen and oxygen atoms in total. The highest BCUT2D eigenvalue weighted by molar-refractivity contribution is 5.86. The fraction of sp³-hybridized carbons (Fsp3) is 0.830. The number of aliphatic hydroxyl groups is 2. The van der Waals surface area contributed by atoms with Gasteiger partial charge in [0.15, 0.2) is 0 Å². The number of hydrogen-bond acceptors (Lipinski definition) is 5. The van der Waals surface area contributed by atoms with E-state index in [1.165, 1.54) is 51.4 Å². The van der Waals surface area contributed by atoms with Crippen LogP contribution in [0.2, 0.25) is 0 Å². The minimum absolute atomic E-state index is 0.00636. The van der Waals surface area contributed by atoms with Gasteiger partial charge in [0.05, 0.1) is 12.2 Å². The zero-order valence-electron chi connectivity index (χ0n) is 34.0. The molecule has 0 amide bonds. The smallest absolute Gasteiger partial charge is 0.306 e. The molecular weight excluding hydrogens is 645 g/mol. The summed E-state index contributed by atoms with van der Waals surface area (Å²) in [5.41, 5.74) is 2.35. The van der Waals surface area contributed by atoms with Crippen LogP contribution in [-0.4, -0.2) is 40.3 Å². The first-order valence-electron chi connectivity index (χ1n) is 22.0. The van der Waals surface area contributed by atoms with Gasteiger partial charge in [0.1, 0.15) is 11.9 Å². The zero-order valence-corrected chi connectivity index (χ0v) is 34.0. The highest BCUT2D eigenvalue weighted by Crippen LogP contribution is 2.67. The fourth-order valence-electron chi connectivity index (χ4n) is 12.2. The summed E-state index contributed by atoms with van der Waals surface area (Å²) in [5, 5.41) is 20.8. The second-order valence-electron chi connectivity index (χ2n) is 19.1. The molecule has 12 atom stereocenters. The number of ketones is 1. The Labute approximate surface area is 317 Å². The van der Waals surface area contributed by atoms with Crippen LogP contribution in [0.5, 0.6) is 0 Å². The number of carbonyl (C=O) groups is 2. The van der Waals surface area contributed by atoms with Crippen molar-refractivity contribution >= 4 is 11.8 Å². The van der Waals surface area contributed by atoms with Gasteiger partial charge in [0.25, 0.3) is 0 Å². The summed E-state index contributed by atoms with van der Waals surface area (Å²) in [5.74, 6) is 4.49. The van der Waals surface area contributed by atoms with E-state index in [-0.39, 0.29) is 41.5 Å². The average molecular weight is 721 g/mol. The highest BCUT2D eigenvalue weighted by atomic mass is 16.5. The molecule has 5 heteroatoms. The van der Waals surface area contributed by atoms with Crippen LogP contribution in [0.4, 0.5) is 0 Å². The van der Waals surface area contributed by atoms with Crippen molar-refractivity contribution in [2.45, 2.75) is 188 Å². The number of allylic oxidation sites excluding steroid dienone is 4. The molecule has 0 saturated heterocycles. The zero-order chi connectivity index (χ0) is 37.5. The lowest BCUT2D eigenvalue weighted by atomic mass is 9.47. The van der Waals surface area contributed by atoms with Crippen molar-refractivity contribution in [3.63, 3.8) is 0 Å². The van der Waals surface area contributed by atoms with Gasteiger partial charge in [-0.25, -0.2) is 0 Å². The molecule has 0 aromatic heterocycles. The van der Waals surface area contributed by atoms with Gasteiger partial charge >= 0.3 is 5.97 Å². The minimum atomic E-state index is -0.645. The number of ether oxygens (including phenoxy) is 1. The number of rotatable bonds is 18. The molecule has 4 fully saturated rings. The Morgan fingerprint density at radius 2 is 1.77 bits per heavy atom. The predicted molar refractivity (Wildman–Crippen MR) is 212 cm³/mol. The molecule has 0 bridgehead atoms. The molecule has 0 aromatic rings. The number of esters is 1. The van der Waals surface area contributed by atoms with E-state index >= 15 is 0 Å². The van der Waals surface area contributed by atoms with Crippen LogP contribution in [0.25, 0.3) is 0 Å². The van der Waals surface area contributed by atoms with Gasteiger partial charge < -0.3 is 14.9 Å². The number of aliphatic hydroxyl groups excluding tert-OH is 2. The Hall–Kier alpha value is -1.72. The monoisotopic (exact) mass is 721 g/mol. The van der Waals surface area contributed by atoms with Crippen molar-refractivity contribution in [1.29, 1.82) is 0 Å². The van der Waals surface area contributed by atoms with E-state index in [1.54, 1.807) is 11.6 Å². The number of Topliss-reactive ketones (excluding diaryl/α,β-unsaturated/α-hetero) is 1. The average Bonchev–Trinajstić information content (AvgIpc) is 3.59. The molecule has 5 aliphatic carbocycles. The minimum Gasteiger partial charge on any atom is -0.462 e. The lowest BCUT2D eigenvalue weighted by molar-refractivity contribution is -0.151. The van der Waals surface area contributed by atoms with Crippen LogP contribution < -0.4 is 0 Å². The SMILES string of the molecule is CCCCC[C@H](O)/C=C/[C@H]1C(=O)C[C@H](O)[C@@H]1C/C=C\CCCC(=O)O[C@H]1CC[C@@]2(C)C(=CC[C@H]3[C@@H]4CC[C@H]([C@H](C)CCCC(C)C)[C@@]4(C)CC[C@@H]32)C1. The molecule has 5 aliphatic rings. The molecule has 0 heterocycles. The number of hydrogen-bond donors (Lipinski definition) is 2. The van der Waals surface area contributed by atoms with E-state index in [0.29, 0.717) is 24.7 Å². The molecule has 0 spiro atoms. The van der Waals surface area contributed by atoms with Crippen molar-refractivity contribution in [2.75, 3.05) is 0 Å². The van der Waals surface area contributed by atoms with E-state index in [9.17, 15) is 19.8 Å². The first-order valence-corrected chi connectivity index (χ1v) is 22.0. The Morgan fingerprint density at radius 3 is 2.54 bits per heavy atom. The summed E-state index contributed by atoms with van der Waals surface area (Å²) in [4.78, 5) is 25.5. The maximum absolute atomic E-state index is 12.9. The molecule has 0 aliphatic heterocycles. The van der Waals surface area contributed by atoms with Crippen molar-refractivity contribution < 1.29 is 24.5 Å². The Balaban J connectivity index is 1.04. The third kappa shape index (κ3) is 9.74. The van der Waals surface area contributed by atoms with Gasteiger partial charge in [-0.1, -0.05) is 116 Å². The van der Waals surface area contributed by atoms with Gasteiger partial charge in [-0.3, -0.25) is 9.59 Å². The quantitative estimate of drug-likeness (QED) is 0.0837.